The lowest BCUT2D eigenvalue weighted by Crippen LogP contribution is -2.52. The summed E-state index contributed by atoms with van der Waals surface area (Å²) in [6.45, 7) is 0.808. The molecule has 3 N–H and O–H groups in total. The number of carbonyl (C=O) groups is 1. The molecule has 1 amide bonds. The van der Waals surface area contributed by atoms with E-state index in [-0.39, 0.29) is 17.7 Å². The predicted octanol–water partition coefficient (Wildman–Crippen LogP) is 3.85. The number of hydrogen-bond donors (Lipinski definition) is 2. The van der Waals surface area contributed by atoms with Crippen LogP contribution in [0.4, 0.5) is 20.3 Å². The first kappa shape index (κ1) is 24.6. The highest BCUT2D eigenvalue weighted by atomic mass is 19.3. The van der Waals surface area contributed by atoms with E-state index < -0.39 is 6.61 Å². The number of carbonyl (C=O) groups excluding carboxylic acids is 1. The van der Waals surface area contributed by atoms with Gasteiger partial charge < -0.3 is 25.4 Å². The second-order valence-electron chi connectivity index (χ2n) is 8.63. The minimum atomic E-state index is -2.88. The number of anilines is 2. The van der Waals surface area contributed by atoms with E-state index in [4.69, 9.17) is 10.5 Å². The summed E-state index contributed by atoms with van der Waals surface area (Å²) in [5.74, 6) is 0.549. The van der Waals surface area contributed by atoms with Gasteiger partial charge in [-0.1, -0.05) is 0 Å². The number of rotatable bonds is 7. The van der Waals surface area contributed by atoms with Crippen molar-refractivity contribution in [2.24, 2.45) is 5.73 Å². The number of aryl methyl sites for hydroxylation is 1. The normalized spacial score (nSPS) is 15.8. The van der Waals surface area contributed by atoms with Crippen LogP contribution in [-0.4, -0.2) is 64.1 Å². The molecule has 1 aliphatic heterocycles. The maximum atomic E-state index is 13.2. The Morgan fingerprint density at radius 2 is 2.05 bits per heavy atom. The van der Waals surface area contributed by atoms with Crippen LogP contribution in [-0.2, 0) is 4.74 Å². The molecule has 4 aromatic rings. The van der Waals surface area contributed by atoms with Gasteiger partial charge in [-0.05, 0) is 55.0 Å². The maximum absolute atomic E-state index is 13.2. The van der Waals surface area contributed by atoms with Crippen molar-refractivity contribution < 1.29 is 23.0 Å². The van der Waals surface area contributed by atoms with Gasteiger partial charge in [-0.25, -0.2) is 9.97 Å². The Hall–Kier alpha value is -4.09. The minimum Gasteiger partial charge on any atom is -0.435 e. The summed E-state index contributed by atoms with van der Waals surface area (Å²) in [7, 11) is 0. The molecular weight excluding hydrogens is 482 g/mol. The first-order valence-electron chi connectivity index (χ1n) is 11.8. The number of aromatic nitrogens is 3. The molecule has 9 nitrogen and oxygen atoms in total. The molecule has 1 aliphatic rings. The molecule has 0 spiro atoms. The Morgan fingerprint density at radius 3 is 2.78 bits per heavy atom. The van der Waals surface area contributed by atoms with Crippen molar-refractivity contribution in [3.05, 3.63) is 72.2 Å². The van der Waals surface area contributed by atoms with Gasteiger partial charge in [0.05, 0.1) is 31.1 Å². The highest BCUT2D eigenvalue weighted by Crippen LogP contribution is 2.28. The highest BCUT2D eigenvalue weighted by Gasteiger charge is 2.28. The molecule has 0 saturated carbocycles. The smallest absolute Gasteiger partial charge is 0.387 e. The molecule has 5 rings (SSSR count). The number of hydrogen-bond acceptors (Lipinski definition) is 7. The molecule has 3 heterocycles. The van der Waals surface area contributed by atoms with Gasteiger partial charge in [0, 0.05) is 42.3 Å². The number of benzene rings is 2. The van der Waals surface area contributed by atoms with Crippen LogP contribution >= 0.6 is 0 Å². The second-order valence-corrected chi connectivity index (χ2v) is 8.63. The Morgan fingerprint density at radius 1 is 1.24 bits per heavy atom. The zero-order chi connectivity index (χ0) is 25.9. The topological polar surface area (TPSA) is 107 Å². The number of nitrogens with zero attached hydrogens (tertiary/aromatic N) is 4. The van der Waals surface area contributed by atoms with E-state index in [1.165, 1.54) is 12.1 Å². The summed E-state index contributed by atoms with van der Waals surface area (Å²) < 4.78 is 36.6. The van der Waals surface area contributed by atoms with Crippen LogP contribution in [0.3, 0.4) is 0 Å². The van der Waals surface area contributed by atoms with E-state index in [0.29, 0.717) is 43.3 Å². The van der Waals surface area contributed by atoms with Gasteiger partial charge in [0.15, 0.2) is 11.5 Å². The van der Waals surface area contributed by atoms with Gasteiger partial charge in [-0.2, -0.15) is 8.78 Å². The van der Waals surface area contributed by atoms with Gasteiger partial charge in [0.25, 0.3) is 5.91 Å². The average Bonchev–Trinajstić information content (AvgIpc) is 3.34. The molecular formula is C26H26F2N6O3. The number of morpholine rings is 1. The highest BCUT2D eigenvalue weighted by molar-refractivity contribution is 5.96. The van der Waals surface area contributed by atoms with Gasteiger partial charge >= 0.3 is 6.61 Å². The SMILES string of the molecule is Cc1cc(Nc2nccn3c(-c4ccc(OC(F)F)cc4)cnc23)ccc1C(=O)N1CCOCC1CN. The Balaban J connectivity index is 1.37. The second kappa shape index (κ2) is 10.5. The number of fused-ring (bicyclic) bond motifs is 1. The van der Waals surface area contributed by atoms with E-state index in [2.05, 4.69) is 20.0 Å². The molecule has 1 unspecified atom stereocenters. The van der Waals surface area contributed by atoms with E-state index in [0.717, 1.165) is 22.5 Å². The summed E-state index contributed by atoms with van der Waals surface area (Å²) in [6.07, 6.45) is 5.11. The standard InChI is InChI=1S/C26H26F2N6O3/c1-16-12-18(4-7-21(16)25(35)33-10-11-36-15-19(33)13-29)32-23-24-31-14-22(34(24)9-8-30-23)17-2-5-20(6-3-17)37-26(27)28/h2-9,12,14,19,26H,10-11,13,15,29H2,1H3,(H,30,32). The third kappa shape index (κ3) is 5.09. The number of imidazole rings is 1. The molecule has 1 fully saturated rings. The third-order valence-corrected chi connectivity index (χ3v) is 6.28. The van der Waals surface area contributed by atoms with Crippen LogP contribution in [0.1, 0.15) is 15.9 Å². The van der Waals surface area contributed by atoms with E-state index in [9.17, 15) is 13.6 Å². The molecule has 192 valence electrons. The van der Waals surface area contributed by atoms with Crippen molar-refractivity contribution in [2.75, 3.05) is 31.6 Å². The van der Waals surface area contributed by atoms with Gasteiger partial charge in [-0.3, -0.25) is 9.20 Å². The summed E-state index contributed by atoms with van der Waals surface area (Å²) in [5, 5.41) is 3.29. The molecule has 2 aromatic carbocycles. The molecule has 11 heteroatoms. The number of nitrogens with two attached hydrogens (primary N) is 1. The van der Waals surface area contributed by atoms with Crippen molar-refractivity contribution >= 4 is 23.1 Å². The average molecular weight is 509 g/mol. The maximum Gasteiger partial charge on any atom is 0.387 e. The summed E-state index contributed by atoms with van der Waals surface area (Å²) in [4.78, 5) is 23.9. The van der Waals surface area contributed by atoms with Crippen LogP contribution in [0.2, 0.25) is 0 Å². The Labute approximate surface area is 211 Å². The van der Waals surface area contributed by atoms with Crippen LogP contribution in [0.5, 0.6) is 5.75 Å². The number of nitrogens with one attached hydrogen (secondary N) is 1. The third-order valence-electron chi connectivity index (χ3n) is 6.28. The minimum absolute atomic E-state index is 0.0640. The van der Waals surface area contributed by atoms with E-state index in [1.807, 2.05) is 23.5 Å². The first-order valence-corrected chi connectivity index (χ1v) is 11.8. The zero-order valence-electron chi connectivity index (χ0n) is 20.1. The largest absolute Gasteiger partial charge is 0.435 e. The lowest BCUT2D eigenvalue weighted by Gasteiger charge is -2.35. The van der Waals surface area contributed by atoms with Gasteiger partial charge in [0.2, 0.25) is 0 Å². The van der Waals surface area contributed by atoms with Crippen molar-refractivity contribution in [3.8, 4) is 17.0 Å². The van der Waals surface area contributed by atoms with Crippen LogP contribution in [0.15, 0.2) is 61.1 Å². The monoisotopic (exact) mass is 508 g/mol. The zero-order valence-corrected chi connectivity index (χ0v) is 20.1. The molecule has 1 atom stereocenters. The van der Waals surface area contributed by atoms with Gasteiger partial charge in [0.1, 0.15) is 5.75 Å². The molecule has 37 heavy (non-hydrogen) atoms. The Bertz CT molecular complexity index is 1410. The number of ether oxygens (including phenoxy) is 2. The first-order chi connectivity index (χ1) is 17.9. The van der Waals surface area contributed by atoms with Gasteiger partial charge in [-0.15, -0.1) is 0 Å². The van der Waals surface area contributed by atoms with Crippen LogP contribution in [0.25, 0.3) is 16.9 Å². The van der Waals surface area contributed by atoms with Crippen molar-refractivity contribution in [3.63, 3.8) is 0 Å². The fourth-order valence-electron chi connectivity index (χ4n) is 4.42. The lowest BCUT2D eigenvalue weighted by atomic mass is 10.0. The van der Waals surface area contributed by atoms with E-state index >= 15 is 0 Å². The fourth-order valence-corrected chi connectivity index (χ4v) is 4.42. The summed E-state index contributed by atoms with van der Waals surface area (Å²) in [5.41, 5.74) is 10.1. The van der Waals surface area contributed by atoms with E-state index in [1.54, 1.807) is 41.7 Å². The number of amides is 1. The van der Waals surface area contributed by atoms with Crippen molar-refractivity contribution in [2.45, 2.75) is 19.6 Å². The molecule has 2 aromatic heterocycles. The van der Waals surface area contributed by atoms with Crippen molar-refractivity contribution in [1.29, 1.82) is 0 Å². The predicted molar refractivity (Wildman–Crippen MR) is 134 cm³/mol. The van der Waals surface area contributed by atoms with Crippen LogP contribution < -0.4 is 15.8 Å². The Kier molecular flexibility index (Phi) is 6.97. The number of alkyl halides is 2. The van der Waals surface area contributed by atoms with Crippen LogP contribution in [0, 0.1) is 6.92 Å². The molecule has 1 saturated heterocycles. The molecule has 0 bridgehead atoms. The molecule has 0 aliphatic carbocycles. The number of halogens is 2. The summed E-state index contributed by atoms with van der Waals surface area (Å²) in [6, 6.07) is 11.7. The lowest BCUT2D eigenvalue weighted by molar-refractivity contribution is -0.0498. The molecule has 0 radical (unpaired) electrons. The quantitative estimate of drug-likeness (QED) is 0.391. The van der Waals surface area contributed by atoms with Crippen molar-refractivity contribution in [1.82, 2.24) is 19.3 Å². The summed E-state index contributed by atoms with van der Waals surface area (Å²) >= 11 is 0. The fraction of sp³-hybridized carbons (Fsp3) is 0.269.